The van der Waals surface area contributed by atoms with Gasteiger partial charge in [-0.15, -0.1) is 0 Å². The Bertz CT molecular complexity index is 957. The third kappa shape index (κ3) is 3.93. The average Bonchev–Trinajstić information content (AvgIpc) is 3.01. The molecule has 0 radical (unpaired) electrons. The number of aromatic hydroxyl groups is 1. The van der Waals surface area contributed by atoms with Gasteiger partial charge < -0.3 is 20.0 Å². The predicted octanol–water partition coefficient (Wildman–Crippen LogP) is 2.40. The molecule has 3 rings (SSSR count). The highest BCUT2D eigenvalue weighted by Crippen LogP contribution is 2.15. The van der Waals surface area contributed by atoms with Gasteiger partial charge in [0.05, 0.1) is 17.1 Å². The summed E-state index contributed by atoms with van der Waals surface area (Å²) in [7, 11) is 0. The third-order valence-electron chi connectivity index (χ3n) is 4.30. The number of nitrogens with zero attached hydrogens (tertiary/aromatic N) is 2. The van der Waals surface area contributed by atoms with Gasteiger partial charge in [-0.3, -0.25) is 9.59 Å². The van der Waals surface area contributed by atoms with Crippen molar-refractivity contribution < 1.29 is 9.90 Å². The molecule has 0 aliphatic heterocycles. The lowest BCUT2D eigenvalue weighted by atomic mass is 10.2. The van der Waals surface area contributed by atoms with E-state index >= 15 is 0 Å². The molecule has 0 aliphatic carbocycles. The number of aromatic nitrogens is 3. The molecular formula is C19H22N4O3. The van der Waals surface area contributed by atoms with Gasteiger partial charge in [-0.2, -0.15) is 0 Å². The van der Waals surface area contributed by atoms with Crippen molar-refractivity contribution in [2.75, 3.05) is 0 Å². The second-order valence-corrected chi connectivity index (χ2v) is 6.38. The van der Waals surface area contributed by atoms with E-state index in [0.29, 0.717) is 30.9 Å². The number of benzene rings is 1. The minimum absolute atomic E-state index is 0.0406. The quantitative estimate of drug-likeness (QED) is 0.633. The first-order chi connectivity index (χ1) is 12.4. The zero-order chi connectivity index (χ0) is 18.7. The summed E-state index contributed by atoms with van der Waals surface area (Å²) in [6.07, 6.45) is 0.835. The van der Waals surface area contributed by atoms with Gasteiger partial charge in [-0.25, -0.2) is 4.98 Å². The zero-order valence-corrected chi connectivity index (χ0v) is 14.8. The normalized spacial score (nSPS) is 12.2. The van der Waals surface area contributed by atoms with E-state index in [1.807, 2.05) is 31.2 Å². The molecule has 0 saturated carbocycles. The highest BCUT2D eigenvalue weighted by atomic mass is 16.3. The van der Waals surface area contributed by atoms with Crippen LogP contribution in [-0.2, 0) is 11.3 Å². The fourth-order valence-electron chi connectivity index (χ4n) is 2.96. The molecule has 3 aromatic rings. The number of amides is 1. The SMILES string of the molecule is Cc1cc(O)cc(=O)n1CCCC(=O)N[C@@H](C)c1nc2ccccc2[nH]1. The van der Waals surface area contributed by atoms with Crippen molar-refractivity contribution in [2.24, 2.45) is 0 Å². The van der Waals surface area contributed by atoms with Gasteiger partial charge in [0, 0.05) is 24.7 Å². The van der Waals surface area contributed by atoms with E-state index < -0.39 is 0 Å². The smallest absolute Gasteiger partial charge is 0.254 e. The monoisotopic (exact) mass is 354 g/mol. The highest BCUT2D eigenvalue weighted by molar-refractivity contribution is 5.77. The van der Waals surface area contributed by atoms with Crippen LogP contribution in [-0.4, -0.2) is 25.5 Å². The molecule has 7 heteroatoms. The highest BCUT2D eigenvalue weighted by Gasteiger charge is 2.13. The van der Waals surface area contributed by atoms with E-state index in [-0.39, 0.29) is 23.3 Å². The van der Waals surface area contributed by atoms with Crippen LogP contribution in [0.3, 0.4) is 0 Å². The number of H-pyrrole nitrogens is 1. The summed E-state index contributed by atoms with van der Waals surface area (Å²) < 4.78 is 1.55. The number of aryl methyl sites for hydroxylation is 1. The standard InChI is InChI=1S/C19H22N4O3/c1-12-10-14(24)11-18(26)23(12)9-5-8-17(25)20-13(2)19-21-15-6-3-4-7-16(15)22-19/h3-4,6-7,10-11,13,24H,5,8-9H2,1-2H3,(H,20,25)(H,21,22)/t13-/m0/s1. The zero-order valence-electron chi connectivity index (χ0n) is 14.8. The molecule has 0 saturated heterocycles. The summed E-state index contributed by atoms with van der Waals surface area (Å²) in [6.45, 7) is 4.06. The maximum absolute atomic E-state index is 12.2. The first kappa shape index (κ1) is 17.7. The molecule has 136 valence electrons. The molecule has 1 amide bonds. The topological polar surface area (TPSA) is 100 Å². The molecule has 1 aromatic carbocycles. The molecule has 7 nitrogen and oxygen atoms in total. The van der Waals surface area contributed by atoms with Gasteiger partial charge >= 0.3 is 0 Å². The van der Waals surface area contributed by atoms with E-state index in [1.54, 1.807) is 11.5 Å². The van der Waals surface area contributed by atoms with Crippen molar-refractivity contribution in [3.05, 3.63) is 58.3 Å². The summed E-state index contributed by atoms with van der Waals surface area (Å²) in [6, 6.07) is 10.2. The summed E-state index contributed by atoms with van der Waals surface area (Å²) in [5.41, 5.74) is 2.21. The van der Waals surface area contributed by atoms with Crippen LogP contribution in [0.25, 0.3) is 11.0 Å². The van der Waals surface area contributed by atoms with Crippen LogP contribution in [0.1, 0.15) is 37.3 Å². The number of aromatic amines is 1. The summed E-state index contributed by atoms with van der Waals surface area (Å²) in [4.78, 5) is 31.7. The molecule has 0 spiro atoms. The molecule has 2 aromatic heterocycles. The largest absolute Gasteiger partial charge is 0.508 e. The van der Waals surface area contributed by atoms with Crippen molar-refractivity contribution in [3.8, 4) is 5.75 Å². The lowest BCUT2D eigenvalue weighted by Crippen LogP contribution is -2.28. The number of fused-ring (bicyclic) bond motifs is 1. The lowest BCUT2D eigenvalue weighted by Gasteiger charge is -2.13. The van der Waals surface area contributed by atoms with Crippen LogP contribution < -0.4 is 10.9 Å². The molecule has 0 bridgehead atoms. The van der Waals surface area contributed by atoms with Crippen molar-refractivity contribution in [1.82, 2.24) is 19.9 Å². The van der Waals surface area contributed by atoms with Crippen LogP contribution >= 0.6 is 0 Å². The first-order valence-corrected chi connectivity index (χ1v) is 8.58. The molecule has 3 N–H and O–H groups in total. The van der Waals surface area contributed by atoms with Crippen LogP contribution in [0.2, 0.25) is 0 Å². The van der Waals surface area contributed by atoms with Gasteiger partial charge in [0.2, 0.25) is 5.91 Å². The maximum Gasteiger partial charge on any atom is 0.254 e. The maximum atomic E-state index is 12.2. The summed E-state index contributed by atoms with van der Waals surface area (Å²) >= 11 is 0. The number of pyridine rings is 1. The van der Waals surface area contributed by atoms with Crippen LogP contribution in [0.15, 0.2) is 41.2 Å². The number of imidazole rings is 1. The second kappa shape index (κ2) is 7.43. The van der Waals surface area contributed by atoms with E-state index in [1.165, 1.54) is 12.1 Å². The Kier molecular flexibility index (Phi) is 5.06. The Labute approximate surface area is 150 Å². The van der Waals surface area contributed by atoms with Crippen molar-refractivity contribution in [3.63, 3.8) is 0 Å². The Morgan fingerprint density at radius 1 is 1.35 bits per heavy atom. The molecule has 1 atom stereocenters. The minimum atomic E-state index is -0.265. The van der Waals surface area contributed by atoms with E-state index in [9.17, 15) is 14.7 Å². The Morgan fingerprint density at radius 2 is 2.12 bits per heavy atom. The third-order valence-corrected chi connectivity index (χ3v) is 4.30. The number of para-hydroxylation sites is 2. The second-order valence-electron chi connectivity index (χ2n) is 6.38. The minimum Gasteiger partial charge on any atom is -0.508 e. The van der Waals surface area contributed by atoms with Gasteiger partial charge in [0.15, 0.2) is 0 Å². The molecular weight excluding hydrogens is 332 g/mol. The van der Waals surface area contributed by atoms with Gasteiger partial charge in [0.25, 0.3) is 5.56 Å². The van der Waals surface area contributed by atoms with Crippen molar-refractivity contribution in [2.45, 2.75) is 39.3 Å². The van der Waals surface area contributed by atoms with Crippen LogP contribution in [0, 0.1) is 6.92 Å². The number of carbonyl (C=O) groups is 1. The number of nitrogens with one attached hydrogen (secondary N) is 2. The molecule has 0 fully saturated rings. The fourth-order valence-corrected chi connectivity index (χ4v) is 2.96. The number of hydrogen-bond donors (Lipinski definition) is 3. The number of hydrogen-bond acceptors (Lipinski definition) is 4. The predicted molar refractivity (Wildman–Crippen MR) is 99.0 cm³/mol. The van der Waals surface area contributed by atoms with E-state index in [0.717, 1.165) is 11.0 Å². The average molecular weight is 354 g/mol. The molecule has 26 heavy (non-hydrogen) atoms. The number of rotatable bonds is 6. The van der Waals surface area contributed by atoms with Gasteiger partial charge in [-0.1, -0.05) is 12.1 Å². The molecule has 0 unspecified atom stereocenters. The first-order valence-electron chi connectivity index (χ1n) is 8.58. The van der Waals surface area contributed by atoms with Crippen LogP contribution in [0.4, 0.5) is 0 Å². The van der Waals surface area contributed by atoms with Gasteiger partial charge in [-0.05, 0) is 38.5 Å². The van der Waals surface area contributed by atoms with Crippen molar-refractivity contribution in [1.29, 1.82) is 0 Å². The van der Waals surface area contributed by atoms with Gasteiger partial charge in [0.1, 0.15) is 11.6 Å². The van der Waals surface area contributed by atoms with E-state index in [4.69, 9.17) is 0 Å². The Hall–Kier alpha value is -3.09. The summed E-state index contributed by atoms with van der Waals surface area (Å²) in [5, 5.41) is 12.3. The lowest BCUT2D eigenvalue weighted by molar-refractivity contribution is -0.121. The fraction of sp³-hybridized carbons (Fsp3) is 0.316. The number of carbonyl (C=O) groups excluding carboxylic acids is 1. The summed E-state index contributed by atoms with van der Waals surface area (Å²) in [5.74, 6) is 0.578. The van der Waals surface area contributed by atoms with Crippen molar-refractivity contribution >= 4 is 16.9 Å². The molecule has 0 aliphatic rings. The van der Waals surface area contributed by atoms with Crippen LogP contribution in [0.5, 0.6) is 5.75 Å². The van der Waals surface area contributed by atoms with E-state index in [2.05, 4.69) is 15.3 Å². The Balaban J connectivity index is 1.55. The Morgan fingerprint density at radius 3 is 2.85 bits per heavy atom. The molecule has 2 heterocycles.